The Balaban J connectivity index is 2.01. The van der Waals surface area contributed by atoms with Gasteiger partial charge in [-0.2, -0.15) is 0 Å². The maximum Gasteiger partial charge on any atom is 0.0252 e. The smallest absolute Gasteiger partial charge is 0.0252 e. The largest absolute Gasteiger partial charge is 0.315 e. The summed E-state index contributed by atoms with van der Waals surface area (Å²) in [5.74, 6) is 0.994. The summed E-state index contributed by atoms with van der Waals surface area (Å²) in [6.45, 7) is 8.43. The molecule has 0 spiro atoms. The fourth-order valence-electron chi connectivity index (χ4n) is 2.74. The van der Waals surface area contributed by atoms with Gasteiger partial charge in [-0.1, -0.05) is 0 Å². The summed E-state index contributed by atoms with van der Waals surface area (Å²) < 4.78 is 0. The molecule has 2 heteroatoms. The first-order valence-electron chi connectivity index (χ1n) is 5.25. The van der Waals surface area contributed by atoms with E-state index in [4.69, 9.17) is 0 Å². The third-order valence-electron chi connectivity index (χ3n) is 3.44. The van der Waals surface area contributed by atoms with E-state index in [-0.39, 0.29) is 0 Å². The van der Waals surface area contributed by atoms with E-state index in [2.05, 4.69) is 24.1 Å². The number of fused-ring (bicyclic) bond motifs is 1. The highest BCUT2D eigenvalue weighted by atomic mass is 15.2. The van der Waals surface area contributed by atoms with E-state index < -0.39 is 0 Å². The van der Waals surface area contributed by atoms with Crippen LogP contribution in [0.4, 0.5) is 0 Å². The molecule has 0 amide bonds. The van der Waals surface area contributed by atoms with E-state index >= 15 is 0 Å². The third-order valence-corrected chi connectivity index (χ3v) is 3.44. The minimum Gasteiger partial charge on any atom is -0.315 e. The Kier molecular flexibility index (Phi) is 2.37. The van der Waals surface area contributed by atoms with Gasteiger partial charge in [0.2, 0.25) is 0 Å². The van der Waals surface area contributed by atoms with Crippen molar-refractivity contribution in [2.75, 3.05) is 19.6 Å². The fraction of sp³-hybridized carbons (Fsp3) is 1.00. The number of nitrogens with one attached hydrogen (secondary N) is 1. The van der Waals surface area contributed by atoms with Gasteiger partial charge >= 0.3 is 0 Å². The first-order chi connectivity index (χ1) is 5.79. The van der Waals surface area contributed by atoms with Crippen LogP contribution in [0.2, 0.25) is 0 Å². The molecule has 2 saturated heterocycles. The second-order valence-electron chi connectivity index (χ2n) is 4.44. The highest BCUT2D eigenvalue weighted by Gasteiger charge is 2.36. The molecule has 1 N–H and O–H groups in total. The van der Waals surface area contributed by atoms with Gasteiger partial charge in [-0.15, -0.1) is 0 Å². The van der Waals surface area contributed by atoms with E-state index in [1.165, 1.54) is 32.5 Å². The van der Waals surface area contributed by atoms with Crippen molar-refractivity contribution >= 4 is 0 Å². The normalized spacial score (nSPS) is 37.2. The van der Waals surface area contributed by atoms with Crippen LogP contribution in [0.25, 0.3) is 0 Å². The molecule has 2 fully saturated rings. The summed E-state index contributed by atoms with van der Waals surface area (Å²) in [6, 6.07) is 1.58. The van der Waals surface area contributed by atoms with Gasteiger partial charge in [0, 0.05) is 18.6 Å². The molecule has 2 nitrogen and oxygen atoms in total. The molecule has 2 heterocycles. The summed E-state index contributed by atoms with van der Waals surface area (Å²) >= 11 is 0. The van der Waals surface area contributed by atoms with E-state index in [1.807, 2.05) is 0 Å². The molecular formula is C10H20N2. The molecule has 0 unspecified atom stereocenters. The van der Waals surface area contributed by atoms with Crippen molar-refractivity contribution < 1.29 is 0 Å². The van der Waals surface area contributed by atoms with Crippen LogP contribution in [0.5, 0.6) is 0 Å². The Hall–Kier alpha value is -0.0800. The quantitative estimate of drug-likeness (QED) is 0.630. The Morgan fingerprint density at radius 3 is 2.92 bits per heavy atom. The monoisotopic (exact) mass is 168 g/mol. The molecule has 12 heavy (non-hydrogen) atoms. The number of nitrogens with zero attached hydrogens (tertiary/aromatic N) is 1. The van der Waals surface area contributed by atoms with Crippen LogP contribution in [0.3, 0.4) is 0 Å². The lowest BCUT2D eigenvalue weighted by atomic mass is 9.93. The summed E-state index contributed by atoms with van der Waals surface area (Å²) in [4.78, 5) is 2.66. The van der Waals surface area contributed by atoms with Crippen LogP contribution >= 0.6 is 0 Å². The summed E-state index contributed by atoms with van der Waals surface area (Å²) in [6.07, 6.45) is 2.83. The van der Waals surface area contributed by atoms with Crippen molar-refractivity contribution in [2.24, 2.45) is 5.92 Å². The van der Waals surface area contributed by atoms with Gasteiger partial charge in [0.25, 0.3) is 0 Å². The molecule has 0 aliphatic carbocycles. The Bertz CT molecular complexity index is 156. The Morgan fingerprint density at radius 1 is 1.33 bits per heavy atom. The van der Waals surface area contributed by atoms with Crippen LogP contribution in [-0.4, -0.2) is 36.6 Å². The lowest BCUT2D eigenvalue weighted by Gasteiger charge is -2.34. The topological polar surface area (TPSA) is 15.3 Å². The van der Waals surface area contributed by atoms with E-state index in [0.717, 1.165) is 18.0 Å². The highest BCUT2D eigenvalue weighted by molar-refractivity contribution is 4.92. The van der Waals surface area contributed by atoms with Crippen molar-refractivity contribution in [1.82, 2.24) is 10.2 Å². The molecule has 0 aromatic carbocycles. The molecule has 2 atom stereocenters. The van der Waals surface area contributed by atoms with Crippen LogP contribution in [0.15, 0.2) is 0 Å². The van der Waals surface area contributed by atoms with Crippen LogP contribution in [0.1, 0.15) is 26.7 Å². The lowest BCUT2D eigenvalue weighted by Crippen LogP contribution is -2.48. The van der Waals surface area contributed by atoms with Gasteiger partial charge in [0.05, 0.1) is 0 Å². The van der Waals surface area contributed by atoms with Gasteiger partial charge in [0.15, 0.2) is 0 Å². The number of rotatable bonds is 1. The average molecular weight is 168 g/mol. The average Bonchev–Trinajstić information content (AvgIpc) is 2.47. The number of likely N-dealkylation sites (tertiary alicyclic amines) is 1. The van der Waals surface area contributed by atoms with E-state index in [1.54, 1.807) is 0 Å². The SMILES string of the molecule is CC(C)N1CC[C@H]2CCNC[C@H]21. The molecule has 70 valence electrons. The zero-order valence-electron chi connectivity index (χ0n) is 8.21. The van der Waals surface area contributed by atoms with Crippen LogP contribution < -0.4 is 5.32 Å². The summed E-state index contributed by atoms with van der Waals surface area (Å²) in [7, 11) is 0. The number of hydrogen-bond donors (Lipinski definition) is 1. The van der Waals surface area contributed by atoms with Crippen LogP contribution in [-0.2, 0) is 0 Å². The molecular weight excluding hydrogens is 148 g/mol. The van der Waals surface area contributed by atoms with Crippen molar-refractivity contribution in [3.8, 4) is 0 Å². The second kappa shape index (κ2) is 3.35. The first-order valence-corrected chi connectivity index (χ1v) is 5.25. The van der Waals surface area contributed by atoms with Crippen molar-refractivity contribution in [2.45, 2.75) is 38.8 Å². The van der Waals surface area contributed by atoms with Gasteiger partial charge in [-0.25, -0.2) is 0 Å². The third kappa shape index (κ3) is 1.38. The minimum absolute atomic E-state index is 0.736. The zero-order valence-corrected chi connectivity index (χ0v) is 8.21. The van der Waals surface area contributed by atoms with Crippen molar-refractivity contribution in [3.63, 3.8) is 0 Å². The molecule has 0 aromatic rings. The maximum absolute atomic E-state index is 3.50. The van der Waals surface area contributed by atoms with Gasteiger partial charge < -0.3 is 5.32 Å². The molecule has 0 aromatic heterocycles. The molecule has 0 radical (unpaired) electrons. The van der Waals surface area contributed by atoms with Gasteiger partial charge in [0.1, 0.15) is 0 Å². The summed E-state index contributed by atoms with van der Waals surface area (Å²) in [5.41, 5.74) is 0. The van der Waals surface area contributed by atoms with Crippen molar-refractivity contribution in [3.05, 3.63) is 0 Å². The van der Waals surface area contributed by atoms with E-state index in [0.29, 0.717) is 0 Å². The minimum atomic E-state index is 0.736. The highest BCUT2D eigenvalue weighted by Crippen LogP contribution is 2.29. The fourth-order valence-corrected chi connectivity index (χ4v) is 2.74. The summed E-state index contributed by atoms with van der Waals surface area (Å²) in [5, 5.41) is 3.50. The molecule has 2 aliphatic rings. The van der Waals surface area contributed by atoms with Gasteiger partial charge in [-0.3, -0.25) is 4.90 Å². The standard InChI is InChI=1S/C10H20N2/c1-8(2)12-6-4-9-3-5-11-7-10(9)12/h8-11H,3-7H2,1-2H3/t9-,10-/m1/s1. The molecule has 2 rings (SSSR count). The molecule has 0 saturated carbocycles. The van der Waals surface area contributed by atoms with E-state index in [9.17, 15) is 0 Å². The zero-order chi connectivity index (χ0) is 8.55. The number of hydrogen-bond acceptors (Lipinski definition) is 2. The molecule has 2 aliphatic heterocycles. The Morgan fingerprint density at radius 2 is 2.17 bits per heavy atom. The van der Waals surface area contributed by atoms with Crippen molar-refractivity contribution in [1.29, 1.82) is 0 Å². The second-order valence-corrected chi connectivity index (χ2v) is 4.44. The van der Waals surface area contributed by atoms with Gasteiger partial charge in [-0.05, 0) is 45.7 Å². The molecule has 0 bridgehead atoms. The lowest BCUT2D eigenvalue weighted by molar-refractivity contribution is 0.159. The maximum atomic E-state index is 3.50. The predicted molar refractivity (Wildman–Crippen MR) is 51.2 cm³/mol. The van der Waals surface area contributed by atoms with Crippen LogP contribution in [0, 0.1) is 5.92 Å². The number of piperidine rings is 1. The first kappa shape index (κ1) is 8.52. The Labute approximate surface area is 75.3 Å². The predicted octanol–water partition coefficient (Wildman–Crippen LogP) is 1.08.